The van der Waals surface area contributed by atoms with Crippen LogP contribution in [0.3, 0.4) is 0 Å². The lowest BCUT2D eigenvalue weighted by Crippen LogP contribution is -2.12. The molecule has 54 valence electrons. The summed E-state index contributed by atoms with van der Waals surface area (Å²) in [6.07, 6.45) is -3.47. The van der Waals surface area contributed by atoms with E-state index in [1.807, 2.05) is 0 Å². The molecular weight excluding hydrogens is 133 g/mol. The van der Waals surface area contributed by atoms with Crippen molar-refractivity contribution >= 4 is 0 Å². The topological polar surface area (TPSA) is 9.23 Å². The second-order valence-electron chi connectivity index (χ2n) is 1.35. The second-order valence-corrected chi connectivity index (χ2v) is 1.35. The third kappa shape index (κ3) is 2.39. The van der Waals surface area contributed by atoms with E-state index >= 15 is 0 Å². The van der Waals surface area contributed by atoms with Crippen LogP contribution in [-0.2, 0) is 4.74 Å². The third-order valence-electron chi connectivity index (χ3n) is 0.761. The Morgan fingerprint density at radius 1 is 1.44 bits per heavy atom. The van der Waals surface area contributed by atoms with Gasteiger partial charge in [-0.2, -0.15) is 13.2 Å². The molecule has 0 aliphatic rings. The lowest BCUT2D eigenvalue weighted by Gasteiger charge is -2.07. The number of methoxy groups -OCH3 is 1. The fraction of sp³-hybridized carbons (Fsp3) is 0.600. The van der Waals surface area contributed by atoms with Crippen LogP contribution in [0.15, 0.2) is 11.8 Å². The van der Waals surface area contributed by atoms with E-state index in [-0.39, 0.29) is 0 Å². The zero-order valence-corrected chi connectivity index (χ0v) is 5.12. The normalized spacial score (nSPS) is 13.7. The number of ether oxygens (including phenoxy) is 1. The highest BCUT2D eigenvalue weighted by Crippen LogP contribution is 2.25. The minimum Gasteiger partial charge on any atom is -0.492 e. The first-order valence-corrected chi connectivity index (χ1v) is 2.30. The summed E-state index contributed by atoms with van der Waals surface area (Å²) in [5.41, 5.74) is 0. The summed E-state index contributed by atoms with van der Waals surface area (Å²) in [5.74, 6) is -0.956. The van der Waals surface area contributed by atoms with Gasteiger partial charge < -0.3 is 4.74 Å². The molecule has 0 aromatic carbocycles. The quantitative estimate of drug-likeness (QED) is 0.507. The van der Waals surface area contributed by atoms with Crippen LogP contribution in [0.5, 0.6) is 0 Å². The Balaban J connectivity index is 4.14. The van der Waals surface area contributed by atoms with E-state index in [0.717, 1.165) is 13.2 Å². The monoisotopic (exact) mass is 140 g/mol. The van der Waals surface area contributed by atoms with Gasteiger partial charge in [-0.1, -0.05) is 0 Å². The predicted octanol–water partition coefficient (Wildman–Crippen LogP) is 2.10. The number of hydrogen-bond donors (Lipinski definition) is 0. The molecule has 9 heavy (non-hydrogen) atoms. The molecule has 0 aliphatic carbocycles. The van der Waals surface area contributed by atoms with Crippen LogP contribution in [0.4, 0.5) is 13.2 Å². The van der Waals surface area contributed by atoms with Crippen molar-refractivity contribution in [3.05, 3.63) is 11.8 Å². The highest BCUT2D eigenvalue weighted by atomic mass is 19.4. The molecule has 0 bridgehead atoms. The van der Waals surface area contributed by atoms with Gasteiger partial charge in [-0.15, -0.1) is 0 Å². The summed E-state index contributed by atoms with van der Waals surface area (Å²) in [7, 11) is 0.989. The smallest absolute Gasteiger partial charge is 0.448 e. The Morgan fingerprint density at radius 2 is 1.89 bits per heavy atom. The Hall–Kier alpha value is -0.670. The van der Waals surface area contributed by atoms with Crippen molar-refractivity contribution in [2.45, 2.75) is 13.1 Å². The molecule has 0 aliphatic heterocycles. The summed E-state index contributed by atoms with van der Waals surface area (Å²) >= 11 is 0. The van der Waals surface area contributed by atoms with Crippen molar-refractivity contribution in [3.63, 3.8) is 0 Å². The molecule has 1 nitrogen and oxygen atoms in total. The first kappa shape index (κ1) is 8.33. The molecule has 0 spiro atoms. The molecule has 0 aromatic heterocycles. The van der Waals surface area contributed by atoms with Crippen molar-refractivity contribution < 1.29 is 17.9 Å². The van der Waals surface area contributed by atoms with E-state index < -0.39 is 11.9 Å². The van der Waals surface area contributed by atoms with Gasteiger partial charge in [0.2, 0.25) is 0 Å². The van der Waals surface area contributed by atoms with Gasteiger partial charge in [0.05, 0.1) is 7.11 Å². The van der Waals surface area contributed by atoms with Gasteiger partial charge in [-0.25, -0.2) is 0 Å². The number of hydrogen-bond acceptors (Lipinski definition) is 1. The zero-order valence-electron chi connectivity index (χ0n) is 5.12. The van der Waals surface area contributed by atoms with Crippen molar-refractivity contribution in [3.8, 4) is 0 Å². The molecule has 0 atom stereocenters. The Kier molecular flexibility index (Phi) is 2.55. The van der Waals surface area contributed by atoms with Crippen LogP contribution >= 0.6 is 0 Å². The Bertz CT molecular complexity index is 114. The van der Waals surface area contributed by atoms with Crippen molar-refractivity contribution in [1.29, 1.82) is 0 Å². The van der Waals surface area contributed by atoms with Crippen molar-refractivity contribution in [2.75, 3.05) is 7.11 Å². The van der Waals surface area contributed by atoms with Crippen LogP contribution in [0.25, 0.3) is 0 Å². The maximum atomic E-state index is 11.5. The van der Waals surface area contributed by atoms with E-state index in [1.165, 1.54) is 6.92 Å². The average Bonchev–Trinajstić information content (AvgIpc) is 1.65. The van der Waals surface area contributed by atoms with E-state index in [0.29, 0.717) is 0 Å². The van der Waals surface area contributed by atoms with E-state index in [2.05, 4.69) is 4.74 Å². The summed E-state index contributed by atoms with van der Waals surface area (Å²) in [4.78, 5) is 0. The Morgan fingerprint density at radius 3 is 1.89 bits per heavy atom. The summed E-state index contributed by atoms with van der Waals surface area (Å²) in [5, 5.41) is 0. The number of halogens is 3. The SMILES string of the molecule is CC=C(OC)C(F)(F)F. The van der Waals surface area contributed by atoms with Gasteiger partial charge in [-0.05, 0) is 13.0 Å². The largest absolute Gasteiger partial charge is 0.492 e. The molecule has 0 heterocycles. The van der Waals surface area contributed by atoms with Gasteiger partial charge in [0.1, 0.15) is 0 Å². The first-order valence-electron chi connectivity index (χ1n) is 2.30. The number of allylic oxidation sites excluding steroid dienone is 2. The molecule has 0 amide bonds. The second kappa shape index (κ2) is 2.75. The Labute approximate surface area is 51.1 Å². The van der Waals surface area contributed by atoms with E-state index in [9.17, 15) is 13.2 Å². The molecule has 0 radical (unpaired) electrons. The highest BCUT2D eigenvalue weighted by Gasteiger charge is 2.34. The molecule has 0 unspecified atom stereocenters. The van der Waals surface area contributed by atoms with Crippen molar-refractivity contribution in [2.24, 2.45) is 0 Å². The fourth-order valence-corrected chi connectivity index (χ4v) is 0.397. The maximum Gasteiger partial charge on any atom is 0.448 e. The molecule has 0 saturated carbocycles. The molecule has 0 rings (SSSR count). The fourth-order valence-electron chi connectivity index (χ4n) is 0.397. The highest BCUT2D eigenvalue weighted by molar-refractivity contribution is 4.97. The lowest BCUT2D eigenvalue weighted by atomic mass is 10.4. The van der Waals surface area contributed by atoms with Crippen LogP contribution in [0.1, 0.15) is 6.92 Å². The van der Waals surface area contributed by atoms with Crippen LogP contribution in [0, 0.1) is 0 Å². The van der Waals surface area contributed by atoms with Gasteiger partial charge in [0, 0.05) is 0 Å². The van der Waals surface area contributed by atoms with Crippen LogP contribution in [0.2, 0.25) is 0 Å². The number of rotatable bonds is 1. The lowest BCUT2D eigenvalue weighted by molar-refractivity contribution is -0.126. The minimum atomic E-state index is -4.34. The molecular formula is C5H7F3O. The van der Waals surface area contributed by atoms with E-state index in [4.69, 9.17) is 0 Å². The summed E-state index contributed by atoms with van der Waals surface area (Å²) in [6, 6.07) is 0. The molecule has 0 aromatic rings. The van der Waals surface area contributed by atoms with Gasteiger partial charge in [0.25, 0.3) is 0 Å². The minimum absolute atomic E-state index is 0.875. The molecule has 0 N–H and O–H groups in total. The zero-order chi connectivity index (χ0) is 7.49. The maximum absolute atomic E-state index is 11.5. The van der Waals surface area contributed by atoms with Crippen LogP contribution < -0.4 is 0 Å². The van der Waals surface area contributed by atoms with Gasteiger partial charge in [0.15, 0.2) is 5.76 Å². The number of alkyl halides is 3. The summed E-state index contributed by atoms with van der Waals surface area (Å²) < 4.78 is 38.6. The van der Waals surface area contributed by atoms with Gasteiger partial charge in [-0.3, -0.25) is 0 Å². The molecule has 4 heteroatoms. The predicted molar refractivity (Wildman–Crippen MR) is 26.8 cm³/mol. The molecule has 0 fully saturated rings. The first-order chi connectivity index (χ1) is 4.02. The van der Waals surface area contributed by atoms with Crippen LogP contribution in [-0.4, -0.2) is 13.3 Å². The molecule has 0 saturated heterocycles. The third-order valence-corrected chi connectivity index (χ3v) is 0.761. The van der Waals surface area contributed by atoms with E-state index in [1.54, 1.807) is 0 Å². The summed E-state index contributed by atoms with van der Waals surface area (Å²) in [6.45, 7) is 1.27. The average molecular weight is 140 g/mol. The standard InChI is InChI=1S/C5H7F3O/c1-3-4(9-2)5(6,7)8/h3H,1-2H3. The van der Waals surface area contributed by atoms with Gasteiger partial charge >= 0.3 is 6.18 Å². The van der Waals surface area contributed by atoms with Crippen molar-refractivity contribution in [1.82, 2.24) is 0 Å².